The van der Waals surface area contributed by atoms with E-state index in [-0.39, 0.29) is 17.9 Å². The SMILES string of the molecule is C[C@@H](NC(=O)c1ccc(Cl)cc1)c1ccc2c(n1)OCCN2C(=O)c1cccc(Cl)c1. The van der Waals surface area contributed by atoms with Crippen LogP contribution in [0.15, 0.2) is 60.7 Å². The second-order valence-corrected chi connectivity index (χ2v) is 7.95. The van der Waals surface area contributed by atoms with Gasteiger partial charge in [-0.3, -0.25) is 9.59 Å². The summed E-state index contributed by atoms with van der Waals surface area (Å²) in [4.78, 5) is 31.6. The Morgan fingerprint density at radius 2 is 1.81 bits per heavy atom. The zero-order chi connectivity index (χ0) is 22.0. The van der Waals surface area contributed by atoms with Crippen LogP contribution in [0.3, 0.4) is 0 Å². The van der Waals surface area contributed by atoms with Gasteiger partial charge in [-0.25, -0.2) is 4.98 Å². The summed E-state index contributed by atoms with van der Waals surface area (Å²) in [5.74, 6) is -0.0558. The summed E-state index contributed by atoms with van der Waals surface area (Å²) in [5.41, 5.74) is 2.20. The molecule has 0 saturated heterocycles. The fourth-order valence-corrected chi connectivity index (χ4v) is 3.61. The first-order valence-electron chi connectivity index (χ1n) is 9.70. The number of carbonyl (C=O) groups is 2. The van der Waals surface area contributed by atoms with Crippen LogP contribution < -0.4 is 15.0 Å². The van der Waals surface area contributed by atoms with Gasteiger partial charge in [-0.2, -0.15) is 0 Å². The highest BCUT2D eigenvalue weighted by Gasteiger charge is 2.27. The van der Waals surface area contributed by atoms with E-state index in [4.69, 9.17) is 27.9 Å². The monoisotopic (exact) mass is 455 g/mol. The minimum atomic E-state index is -0.365. The average molecular weight is 456 g/mol. The molecule has 1 aliphatic heterocycles. The third-order valence-electron chi connectivity index (χ3n) is 4.92. The minimum Gasteiger partial charge on any atom is -0.474 e. The molecule has 1 aliphatic rings. The Bertz CT molecular complexity index is 1140. The smallest absolute Gasteiger partial charge is 0.258 e. The molecule has 31 heavy (non-hydrogen) atoms. The van der Waals surface area contributed by atoms with Gasteiger partial charge in [0.1, 0.15) is 12.3 Å². The number of nitrogens with zero attached hydrogens (tertiary/aromatic N) is 2. The summed E-state index contributed by atoms with van der Waals surface area (Å²) in [6.45, 7) is 2.56. The molecule has 1 aromatic heterocycles. The molecular formula is C23H19Cl2N3O3. The van der Waals surface area contributed by atoms with Gasteiger partial charge in [-0.1, -0.05) is 29.3 Å². The van der Waals surface area contributed by atoms with Gasteiger partial charge in [0, 0.05) is 21.2 Å². The van der Waals surface area contributed by atoms with Crippen LogP contribution in [0, 0.1) is 0 Å². The van der Waals surface area contributed by atoms with E-state index in [0.717, 1.165) is 0 Å². The lowest BCUT2D eigenvalue weighted by atomic mass is 10.1. The first-order chi connectivity index (χ1) is 14.9. The largest absolute Gasteiger partial charge is 0.474 e. The van der Waals surface area contributed by atoms with E-state index < -0.39 is 0 Å². The summed E-state index contributed by atoms with van der Waals surface area (Å²) in [7, 11) is 0. The number of ether oxygens (including phenoxy) is 1. The maximum atomic E-state index is 13.0. The number of halogens is 2. The molecule has 0 radical (unpaired) electrons. The number of rotatable bonds is 4. The third kappa shape index (κ3) is 4.65. The first kappa shape index (κ1) is 21.2. The van der Waals surface area contributed by atoms with Gasteiger partial charge in [0.25, 0.3) is 11.8 Å². The molecule has 0 aliphatic carbocycles. The predicted molar refractivity (Wildman–Crippen MR) is 120 cm³/mol. The van der Waals surface area contributed by atoms with Crippen molar-refractivity contribution in [1.29, 1.82) is 0 Å². The number of pyridine rings is 1. The van der Waals surface area contributed by atoms with Gasteiger partial charge < -0.3 is 15.0 Å². The molecule has 0 fully saturated rings. The van der Waals surface area contributed by atoms with E-state index in [9.17, 15) is 9.59 Å². The van der Waals surface area contributed by atoms with E-state index in [2.05, 4.69) is 10.3 Å². The lowest BCUT2D eigenvalue weighted by Crippen LogP contribution is -2.38. The molecule has 0 spiro atoms. The number of carbonyl (C=O) groups excluding carboxylic acids is 2. The normalized spacial score (nSPS) is 13.7. The second-order valence-electron chi connectivity index (χ2n) is 7.08. The Morgan fingerprint density at radius 3 is 2.55 bits per heavy atom. The van der Waals surface area contributed by atoms with E-state index >= 15 is 0 Å². The quantitative estimate of drug-likeness (QED) is 0.605. The molecule has 0 unspecified atom stereocenters. The van der Waals surface area contributed by atoms with Crippen molar-refractivity contribution in [1.82, 2.24) is 10.3 Å². The Labute approximate surface area is 189 Å². The highest BCUT2D eigenvalue weighted by molar-refractivity contribution is 6.31. The fourth-order valence-electron chi connectivity index (χ4n) is 3.30. The molecule has 2 amide bonds. The van der Waals surface area contributed by atoms with Crippen molar-refractivity contribution in [3.63, 3.8) is 0 Å². The molecule has 1 N–H and O–H groups in total. The number of aromatic nitrogens is 1. The molecule has 4 rings (SSSR count). The topological polar surface area (TPSA) is 71.5 Å². The fraction of sp³-hybridized carbons (Fsp3) is 0.174. The summed E-state index contributed by atoms with van der Waals surface area (Å²) < 4.78 is 5.70. The van der Waals surface area contributed by atoms with Gasteiger partial charge >= 0.3 is 0 Å². The number of hydrogen-bond donors (Lipinski definition) is 1. The first-order valence-corrected chi connectivity index (χ1v) is 10.5. The molecule has 0 saturated carbocycles. The Morgan fingerprint density at radius 1 is 1.03 bits per heavy atom. The Balaban J connectivity index is 1.53. The minimum absolute atomic E-state index is 0.175. The van der Waals surface area contributed by atoms with Crippen molar-refractivity contribution >= 4 is 40.7 Å². The molecule has 3 aromatic rings. The van der Waals surface area contributed by atoms with E-state index in [1.807, 2.05) is 6.92 Å². The van der Waals surface area contributed by atoms with Crippen LogP contribution in [0.4, 0.5) is 5.69 Å². The van der Waals surface area contributed by atoms with Crippen LogP contribution in [-0.4, -0.2) is 29.9 Å². The van der Waals surface area contributed by atoms with Crippen molar-refractivity contribution in [2.24, 2.45) is 0 Å². The number of benzene rings is 2. The van der Waals surface area contributed by atoms with Crippen molar-refractivity contribution in [3.8, 4) is 5.88 Å². The van der Waals surface area contributed by atoms with Gasteiger partial charge in [-0.05, 0) is 61.5 Å². The van der Waals surface area contributed by atoms with Crippen molar-refractivity contribution in [2.45, 2.75) is 13.0 Å². The lowest BCUT2D eigenvalue weighted by molar-refractivity contribution is 0.0938. The highest BCUT2D eigenvalue weighted by Crippen LogP contribution is 2.32. The van der Waals surface area contributed by atoms with Crippen molar-refractivity contribution in [2.75, 3.05) is 18.1 Å². The van der Waals surface area contributed by atoms with E-state index in [1.54, 1.807) is 65.6 Å². The van der Waals surface area contributed by atoms with Crippen molar-refractivity contribution < 1.29 is 14.3 Å². The van der Waals surface area contributed by atoms with Crippen LogP contribution in [0.1, 0.15) is 39.4 Å². The summed E-state index contributed by atoms with van der Waals surface area (Å²) in [5, 5.41) is 3.97. The van der Waals surface area contributed by atoms with Gasteiger partial charge in [0.2, 0.25) is 5.88 Å². The molecule has 6 nitrogen and oxygen atoms in total. The maximum Gasteiger partial charge on any atom is 0.258 e. The molecule has 1 atom stereocenters. The lowest BCUT2D eigenvalue weighted by Gasteiger charge is -2.29. The van der Waals surface area contributed by atoms with Crippen molar-refractivity contribution in [3.05, 3.63) is 87.5 Å². The zero-order valence-electron chi connectivity index (χ0n) is 16.6. The summed E-state index contributed by atoms with van der Waals surface area (Å²) >= 11 is 11.9. The molecule has 0 bridgehead atoms. The summed E-state index contributed by atoms with van der Waals surface area (Å²) in [6, 6.07) is 16.7. The number of hydrogen-bond acceptors (Lipinski definition) is 4. The Hall–Kier alpha value is -3.09. The standard InChI is InChI=1S/C23H19Cl2N3O3/c1-14(26-21(29)15-5-7-17(24)8-6-15)19-9-10-20-22(27-19)31-12-11-28(20)23(30)16-3-2-4-18(25)13-16/h2-10,13-14H,11-12H2,1H3,(H,26,29)/t14-/m1/s1. The number of nitrogens with one attached hydrogen (secondary N) is 1. The van der Waals surface area contributed by atoms with Gasteiger partial charge in [0.05, 0.1) is 18.3 Å². The van der Waals surface area contributed by atoms with Crippen LogP contribution in [0.2, 0.25) is 10.0 Å². The predicted octanol–water partition coefficient (Wildman–Crippen LogP) is 4.92. The summed E-state index contributed by atoms with van der Waals surface area (Å²) in [6.07, 6.45) is 0. The average Bonchev–Trinajstić information content (AvgIpc) is 2.78. The number of amides is 2. The molecular weight excluding hydrogens is 437 g/mol. The van der Waals surface area contributed by atoms with E-state index in [0.29, 0.717) is 51.6 Å². The zero-order valence-corrected chi connectivity index (χ0v) is 18.2. The van der Waals surface area contributed by atoms with Crippen LogP contribution >= 0.6 is 23.2 Å². The van der Waals surface area contributed by atoms with E-state index in [1.165, 1.54) is 0 Å². The highest BCUT2D eigenvalue weighted by atomic mass is 35.5. The second kappa shape index (κ2) is 8.96. The van der Waals surface area contributed by atoms with Gasteiger partial charge in [-0.15, -0.1) is 0 Å². The van der Waals surface area contributed by atoms with Crippen LogP contribution in [0.25, 0.3) is 0 Å². The number of fused-ring (bicyclic) bond motifs is 1. The molecule has 158 valence electrons. The number of anilines is 1. The van der Waals surface area contributed by atoms with Crippen LogP contribution in [0.5, 0.6) is 5.88 Å². The molecule has 8 heteroatoms. The van der Waals surface area contributed by atoms with Gasteiger partial charge in [0.15, 0.2) is 0 Å². The van der Waals surface area contributed by atoms with Crippen LogP contribution in [-0.2, 0) is 0 Å². The molecule has 2 heterocycles. The third-order valence-corrected chi connectivity index (χ3v) is 5.41. The molecule has 2 aromatic carbocycles. The maximum absolute atomic E-state index is 13.0. The Kier molecular flexibility index (Phi) is 6.11.